The van der Waals surface area contributed by atoms with E-state index in [1.54, 1.807) is 31.3 Å². The molecule has 0 spiro atoms. The SMILES string of the molecule is CCc1cccc2c(C(=O)CN3C(=O)N[C@](C)(c4ccc(OC)c(OC)c4)C3=O)c[nH]c12. The van der Waals surface area contributed by atoms with E-state index in [1.165, 1.54) is 14.2 Å². The number of carbonyl (C=O) groups excluding carboxylic acids is 3. The predicted octanol–water partition coefficient (Wildman–Crippen LogP) is 3.40. The number of Topliss-reactive ketones (excluding diaryl/α,β-unsaturated/α-hetero) is 1. The highest BCUT2D eigenvalue weighted by atomic mass is 16.5. The standard InChI is InChI=1S/C24H25N3O5/c1-5-14-7-6-8-16-17(12-25-21(14)16)18(28)13-27-22(29)24(2,26-23(27)30)15-9-10-19(31-3)20(11-15)32-4/h6-12,25H,5,13H2,1-4H3,(H,26,30)/t24-/m1/s1. The molecule has 2 aromatic carbocycles. The van der Waals surface area contributed by atoms with E-state index in [9.17, 15) is 14.4 Å². The van der Waals surface area contributed by atoms with Gasteiger partial charge < -0.3 is 19.8 Å². The van der Waals surface area contributed by atoms with Gasteiger partial charge in [0, 0.05) is 22.7 Å². The molecule has 166 valence electrons. The molecule has 0 aliphatic carbocycles. The van der Waals surface area contributed by atoms with E-state index in [0.717, 1.165) is 27.8 Å². The third-order valence-electron chi connectivity index (χ3n) is 6.02. The Hall–Kier alpha value is -3.81. The number of hydrogen-bond acceptors (Lipinski definition) is 5. The lowest BCUT2D eigenvalue weighted by atomic mass is 9.91. The normalized spacial score (nSPS) is 18.2. The van der Waals surface area contributed by atoms with Gasteiger partial charge in [0.1, 0.15) is 5.54 Å². The maximum atomic E-state index is 13.3. The third kappa shape index (κ3) is 3.28. The van der Waals surface area contributed by atoms with Crippen molar-refractivity contribution in [3.05, 3.63) is 59.3 Å². The Bertz CT molecular complexity index is 1230. The fourth-order valence-corrected chi connectivity index (χ4v) is 4.15. The minimum absolute atomic E-state index is 0.315. The number of ketones is 1. The second-order valence-electron chi connectivity index (χ2n) is 7.83. The number of aromatic amines is 1. The number of aryl methyl sites for hydroxylation is 1. The van der Waals surface area contributed by atoms with Crippen LogP contribution in [0.2, 0.25) is 0 Å². The summed E-state index contributed by atoms with van der Waals surface area (Å²) < 4.78 is 10.6. The fraction of sp³-hybridized carbons (Fsp3) is 0.292. The number of amides is 3. The number of ether oxygens (including phenoxy) is 2. The third-order valence-corrected chi connectivity index (χ3v) is 6.02. The average Bonchev–Trinajstić information content (AvgIpc) is 3.33. The molecule has 1 saturated heterocycles. The zero-order chi connectivity index (χ0) is 23.0. The molecule has 8 nitrogen and oxygen atoms in total. The van der Waals surface area contributed by atoms with Gasteiger partial charge in [-0.25, -0.2) is 4.79 Å². The summed E-state index contributed by atoms with van der Waals surface area (Å²) in [5.74, 6) is 0.129. The van der Waals surface area contributed by atoms with Crippen molar-refractivity contribution in [2.24, 2.45) is 0 Å². The number of benzene rings is 2. The van der Waals surface area contributed by atoms with Crippen LogP contribution >= 0.6 is 0 Å². The van der Waals surface area contributed by atoms with E-state index in [0.29, 0.717) is 22.6 Å². The van der Waals surface area contributed by atoms with Crippen molar-refractivity contribution in [1.29, 1.82) is 0 Å². The largest absolute Gasteiger partial charge is 0.493 e. The van der Waals surface area contributed by atoms with Gasteiger partial charge in [-0.1, -0.05) is 31.2 Å². The van der Waals surface area contributed by atoms with Crippen molar-refractivity contribution >= 4 is 28.6 Å². The monoisotopic (exact) mass is 435 g/mol. The maximum absolute atomic E-state index is 13.3. The molecule has 32 heavy (non-hydrogen) atoms. The highest BCUT2D eigenvalue weighted by Crippen LogP contribution is 2.35. The summed E-state index contributed by atoms with van der Waals surface area (Å²) in [5, 5.41) is 3.50. The molecule has 0 radical (unpaired) electrons. The molecule has 2 heterocycles. The van der Waals surface area contributed by atoms with E-state index < -0.39 is 17.5 Å². The van der Waals surface area contributed by atoms with Gasteiger partial charge in [0.25, 0.3) is 5.91 Å². The molecule has 0 unspecified atom stereocenters. The molecule has 1 atom stereocenters. The van der Waals surface area contributed by atoms with Gasteiger partial charge in [0.2, 0.25) is 0 Å². The number of aromatic nitrogens is 1. The van der Waals surface area contributed by atoms with Crippen molar-refractivity contribution < 1.29 is 23.9 Å². The van der Waals surface area contributed by atoms with Gasteiger partial charge >= 0.3 is 6.03 Å². The van der Waals surface area contributed by atoms with Gasteiger partial charge in [-0.15, -0.1) is 0 Å². The van der Waals surface area contributed by atoms with Gasteiger partial charge in [-0.3, -0.25) is 14.5 Å². The van der Waals surface area contributed by atoms with E-state index in [-0.39, 0.29) is 12.3 Å². The molecule has 3 amide bonds. The highest BCUT2D eigenvalue weighted by Gasteiger charge is 2.49. The van der Waals surface area contributed by atoms with Gasteiger partial charge in [-0.2, -0.15) is 0 Å². The van der Waals surface area contributed by atoms with Crippen LogP contribution in [0, 0.1) is 0 Å². The molecular weight excluding hydrogens is 410 g/mol. The first-order valence-electron chi connectivity index (χ1n) is 10.3. The number of nitrogens with one attached hydrogen (secondary N) is 2. The smallest absolute Gasteiger partial charge is 0.325 e. The Morgan fingerprint density at radius 1 is 1.09 bits per heavy atom. The van der Waals surface area contributed by atoms with Crippen LogP contribution < -0.4 is 14.8 Å². The minimum atomic E-state index is -1.33. The molecular formula is C24H25N3O5. The first-order valence-corrected chi connectivity index (χ1v) is 10.3. The fourth-order valence-electron chi connectivity index (χ4n) is 4.15. The predicted molar refractivity (Wildman–Crippen MR) is 119 cm³/mol. The topological polar surface area (TPSA) is 101 Å². The summed E-state index contributed by atoms with van der Waals surface area (Å²) >= 11 is 0. The molecule has 3 aromatic rings. The second-order valence-corrected chi connectivity index (χ2v) is 7.83. The maximum Gasteiger partial charge on any atom is 0.325 e. The van der Waals surface area contributed by atoms with Crippen LogP contribution in [-0.2, 0) is 16.8 Å². The average molecular weight is 435 g/mol. The van der Waals surface area contributed by atoms with Crippen molar-refractivity contribution in [2.75, 3.05) is 20.8 Å². The summed E-state index contributed by atoms with van der Waals surface area (Å²) in [6.07, 6.45) is 2.46. The summed E-state index contributed by atoms with van der Waals surface area (Å²) in [4.78, 5) is 43.1. The summed E-state index contributed by atoms with van der Waals surface area (Å²) in [7, 11) is 3.01. The molecule has 8 heteroatoms. The first-order chi connectivity index (χ1) is 15.3. The number of methoxy groups -OCH3 is 2. The number of imide groups is 1. The molecule has 1 aliphatic rings. The zero-order valence-corrected chi connectivity index (χ0v) is 18.4. The van der Waals surface area contributed by atoms with Crippen LogP contribution in [-0.4, -0.2) is 48.4 Å². The Balaban J connectivity index is 1.62. The van der Waals surface area contributed by atoms with E-state index >= 15 is 0 Å². The lowest BCUT2D eigenvalue weighted by Crippen LogP contribution is -2.41. The van der Waals surface area contributed by atoms with E-state index in [1.807, 2.05) is 25.1 Å². The number of carbonyl (C=O) groups is 3. The molecule has 2 N–H and O–H groups in total. The van der Waals surface area contributed by atoms with Crippen LogP contribution in [0.1, 0.15) is 35.3 Å². The molecule has 1 fully saturated rings. The molecule has 0 bridgehead atoms. The van der Waals surface area contributed by atoms with Crippen LogP contribution in [0.15, 0.2) is 42.6 Å². The number of H-pyrrole nitrogens is 1. The van der Waals surface area contributed by atoms with Gasteiger partial charge in [0.05, 0.1) is 20.8 Å². The Morgan fingerprint density at radius 2 is 1.84 bits per heavy atom. The van der Waals surface area contributed by atoms with Crippen molar-refractivity contribution in [3.63, 3.8) is 0 Å². The second kappa shape index (κ2) is 8.03. The van der Waals surface area contributed by atoms with E-state index in [2.05, 4.69) is 10.3 Å². The Labute approximate surface area is 185 Å². The molecule has 4 rings (SSSR count). The number of hydrogen-bond donors (Lipinski definition) is 2. The van der Waals surface area contributed by atoms with Crippen LogP contribution in [0.3, 0.4) is 0 Å². The van der Waals surface area contributed by atoms with E-state index in [4.69, 9.17) is 9.47 Å². The number of para-hydroxylation sites is 1. The lowest BCUT2D eigenvalue weighted by Gasteiger charge is -2.23. The minimum Gasteiger partial charge on any atom is -0.493 e. The van der Waals surface area contributed by atoms with Crippen molar-refractivity contribution in [1.82, 2.24) is 15.2 Å². The number of nitrogens with zero attached hydrogens (tertiary/aromatic N) is 1. The van der Waals surface area contributed by atoms with Crippen molar-refractivity contribution in [3.8, 4) is 11.5 Å². The summed E-state index contributed by atoms with van der Waals surface area (Å²) in [6.45, 7) is 3.30. The zero-order valence-electron chi connectivity index (χ0n) is 18.4. The van der Waals surface area contributed by atoms with Crippen LogP contribution in [0.5, 0.6) is 11.5 Å². The Kier molecular flexibility index (Phi) is 5.38. The van der Waals surface area contributed by atoms with Gasteiger partial charge in [0.15, 0.2) is 17.3 Å². The van der Waals surface area contributed by atoms with Crippen molar-refractivity contribution in [2.45, 2.75) is 25.8 Å². The molecule has 0 saturated carbocycles. The number of fused-ring (bicyclic) bond motifs is 1. The number of rotatable bonds is 7. The van der Waals surface area contributed by atoms with Gasteiger partial charge in [-0.05, 0) is 36.6 Å². The summed E-state index contributed by atoms with van der Waals surface area (Å²) in [6, 6.07) is 10.1. The first kappa shape index (κ1) is 21.4. The quantitative estimate of drug-likeness (QED) is 0.438. The molecule has 1 aliphatic heterocycles. The highest BCUT2D eigenvalue weighted by molar-refractivity contribution is 6.14. The van der Waals surface area contributed by atoms with Crippen LogP contribution in [0.25, 0.3) is 10.9 Å². The lowest BCUT2D eigenvalue weighted by molar-refractivity contribution is -0.130. The van der Waals surface area contributed by atoms with Crippen LogP contribution in [0.4, 0.5) is 4.79 Å². The number of urea groups is 1. The summed E-state index contributed by atoms with van der Waals surface area (Å²) in [5.41, 5.74) is 1.65. The molecule has 1 aromatic heterocycles. The Morgan fingerprint density at radius 3 is 2.53 bits per heavy atom.